The van der Waals surface area contributed by atoms with Gasteiger partial charge in [0.15, 0.2) is 0 Å². The molecular formula is C24H33N3O5. The number of carbonyl (C=O) groups excluding carboxylic acids is 2. The molecule has 0 bridgehead atoms. The lowest BCUT2D eigenvalue weighted by Gasteiger charge is -2.37. The van der Waals surface area contributed by atoms with Gasteiger partial charge < -0.3 is 24.7 Å². The van der Waals surface area contributed by atoms with E-state index in [1.807, 2.05) is 6.92 Å². The molecule has 1 fully saturated rings. The normalized spacial score (nSPS) is 23.2. The van der Waals surface area contributed by atoms with E-state index in [4.69, 9.17) is 4.74 Å². The molecule has 0 unspecified atom stereocenters. The van der Waals surface area contributed by atoms with Crippen molar-refractivity contribution in [2.45, 2.75) is 64.2 Å². The van der Waals surface area contributed by atoms with Crippen molar-refractivity contribution >= 4 is 11.8 Å². The fraction of sp³-hybridized carbons (Fsp3) is 0.625. The molecule has 0 spiro atoms. The summed E-state index contributed by atoms with van der Waals surface area (Å²) in [5.41, 5.74) is -0.207. The molecule has 1 saturated carbocycles. The third-order valence-electron chi connectivity index (χ3n) is 6.38. The molecule has 8 nitrogen and oxygen atoms in total. The summed E-state index contributed by atoms with van der Waals surface area (Å²) in [6, 6.07) is 1.24. The van der Waals surface area contributed by atoms with Crippen LogP contribution in [0.2, 0.25) is 0 Å². The van der Waals surface area contributed by atoms with Gasteiger partial charge >= 0.3 is 0 Å². The van der Waals surface area contributed by atoms with Gasteiger partial charge in [-0.25, -0.2) is 4.98 Å². The Morgan fingerprint density at radius 3 is 2.75 bits per heavy atom. The van der Waals surface area contributed by atoms with Gasteiger partial charge in [-0.1, -0.05) is 18.8 Å². The van der Waals surface area contributed by atoms with Crippen molar-refractivity contribution in [2.75, 3.05) is 26.7 Å². The molecule has 1 aromatic heterocycles. The number of ether oxygens (including phenoxy) is 1. The van der Waals surface area contributed by atoms with Crippen molar-refractivity contribution in [3.05, 3.63) is 23.4 Å². The fourth-order valence-electron chi connectivity index (χ4n) is 4.06. The van der Waals surface area contributed by atoms with Crippen LogP contribution in [0.25, 0.3) is 0 Å². The predicted molar refractivity (Wildman–Crippen MR) is 119 cm³/mol. The van der Waals surface area contributed by atoms with Crippen molar-refractivity contribution in [1.82, 2.24) is 14.8 Å². The first-order valence-corrected chi connectivity index (χ1v) is 11.2. The summed E-state index contributed by atoms with van der Waals surface area (Å²) in [6.07, 6.45) is 4.34. The average Bonchev–Trinajstić information content (AvgIpc) is 3.20. The van der Waals surface area contributed by atoms with Gasteiger partial charge in [-0.05, 0) is 38.7 Å². The minimum Gasteiger partial charge on any atom is -0.472 e. The van der Waals surface area contributed by atoms with E-state index in [1.54, 1.807) is 29.8 Å². The Kier molecular flexibility index (Phi) is 7.42. The maximum atomic E-state index is 13.4. The summed E-state index contributed by atoms with van der Waals surface area (Å²) >= 11 is 0. The van der Waals surface area contributed by atoms with E-state index < -0.39 is 11.6 Å². The quantitative estimate of drug-likeness (QED) is 0.683. The van der Waals surface area contributed by atoms with E-state index in [0.717, 1.165) is 12.8 Å². The molecule has 1 aromatic rings. The van der Waals surface area contributed by atoms with Crippen molar-refractivity contribution in [2.24, 2.45) is 5.92 Å². The number of hydrogen-bond acceptors (Lipinski definition) is 6. The molecule has 2 heterocycles. The first-order valence-electron chi connectivity index (χ1n) is 11.2. The first kappa shape index (κ1) is 24.0. The summed E-state index contributed by atoms with van der Waals surface area (Å²) in [4.78, 5) is 32.7. The van der Waals surface area contributed by atoms with E-state index in [0.29, 0.717) is 31.5 Å². The highest BCUT2D eigenvalue weighted by Crippen LogP contribution is 2.30. The van der Waals surface area contributed by atoms with Crippen LogP contribution in [0, 0.1) is 17.8 Å². The van der Waals surface area contributed by atoms with Crippen molar-refractivity contribution in [3.8, 4) is 17.7 Å². The van der Waals surface area contributed by atoms with Crippen LogP contribution in [-0.2, 0) is 4.79 Å². The molecule has 3 atom stereocenters. The summed E-state index contributed by atoms with van der Waals surface area (Å²) in [5, 5.41) is 20.2. The molecular weight excluding hydrogens is 410 g/mol. The maximum Gasteiger partial charge on any atom is 0.259 e. The van der Waals surface area contributed by atoms with Crippen LogP contribution in [0.4, 0.5) is 0 Å². The second kappa shape index (κ2) is 9.88. The molecule has 32 heavy (non-hydrogen) atoms. The van der Waals surface area contributed by atoms with E-state index >= 15 is 0 Å². The Morgan fingerprint density at radius 1 is 1.44 bits per heavy atom. The van der Waals surface area contributed by atoms with E-state index in [1.165, 1.54) is 13.1 Å². The molecule has 2 aliphatic rings. The number of rotatable bonds is 4. The van der Waals surface area contributed by atoms with Crippen molar-refractivity contribution in [3.63, 3.8) is 0 Å². The zero-order chi connectivity index (χ0) is 23.5. The highest BCUT2D eigenvalue weighted by Gasteiger charge is 2.34. The number of pyridine rings is 1. The second-order valence-electron chi connectivity index (χ2n) is 9.09. The van der Waals surface area contributed by atoms with Crippen molar-refractivity contribution in [1.29, 1.82) is 0 Å². The number of nitrogens with zero attached hydrogens (tertiary/aromatic N) is 3. The highest BCUT2D eigenvalue weighted by atomic mass is 16.5. The molecule has 1 aliphatic heterocycles. The van der Waals surface area contributed by atoms with Gasteiger partial charge in [0.1, 0.15) is 17.3 Å². The zero-order valence-electron chi connectivity index (χ0n) is 19.3. The van der Waals surface area contributed by atoms with Gasteiger partial charge in [0.25, 0.3) is 5.91 Å². The van der Waals surface area contributed by atoms with E-state index in [-0.39, 0.29) is 41.9 Å². The van der Waals surface area contributed by atoms with Crippen LogP contribution in [0.3, 0.4) is 0 Å². The number of carbonyl (C=O) groups is 2. The lowest BCUT2D eigenvalue weighted by Crippen LogP contribution is -2.50. The molecule has 0 radical (unpaired) electrons. The van der Waals surface area contributed by atoms with Gasteiger partial charge in [-0.2, -0.15) is 0 Å². The standard InChI is InChI=1S/C24H33N3O5/c1-16-13-27(17(2)15-28)23(30)20-11-19(7-10-24(31)8-5-6-9-24)12-25-22(20)32-21(16)14-26(4)18(3)29/h11-12,16-17,21,28,31H,5-6,8-9,13-15H2,1-4H3/t16-,17+,21+/m0/s1. The van der Waals surface area contributed by atoms with Gasteiger partial charge in [0, 0.05) is 38.2 Å². The van der Waals surface area contributed by atoms with Crippen LogP contribution in [0.15, 0.2) is 12.3 Å². The summed E-state index contributed by atoms with van der Waals surface area (Å²) in [5.74, 6) is 5.62. The Morgan fingerprint density at radius 2 is 2.12 bits per heavy atom. The maximum absolute atomic E-state index is 13.4. The van der Waals surface area contributed by atoms with Crippen molar-refractivity contribution < 1.29 is 24.5 Å². The number of aromatic nitrogens is 1. The van der Waals surface area contributed by atoms with Crippen LogP contribution in [0.5, 0.6) is 5.88 Å². The Labute approximate surface area is 189 Å². The van der Waals surface area contributed by atoms with Crippen LogP contribution in [0.1, 0.15) is 62.4 Å². The molecule has 2 amide bonds. The third-order valence-corrected chi connectivity index (χ3v) is 6.38. The fourth-order valence-corrected chi connectivity index (χ4v) is 4.06. The summed E-state index contributed by atoms with van der Waals surface area (Å²) < 4.78 is 6.14. The molecule has 2 N–H and O–H groups in total. The third kappa shape index (κ3) is 5.40. The minimum absolute atomic E-state index is 0.0804. The molecule has 1 aliphatic carbocycles. The Hall–Kier alpha value is -2.63. The lowest BCUT2D eigenvalue weighted by molar-refractivity contribution is -0.129. The van der Waals surface area contributed by atoms with Gasteiger partial charge in [-0.3, -0.25) is 9.59 Å². The number of aliphatic hydroxyl groups excluding tert-OH is 1. The molecule has 0 saturated heterocycles. The number of fused-ring (bicyclic) bond motifs is 1. The molecule has 0 aromatic carbocycles. The van der Waals surface area contributed by atoms with Gasteiger partial charge in [-0.15, -0.1) is 0 Å². The lowest BCUT2D eigenvalue weighted by atomic mass is 9.99. The largest absolute Gasteiger partial charge is 0.472 e. The molecule has 8 heteroatoms. The van der Waals surface area contributed by atoms with Gasteiger partial charge in [0.05, 0.1) is 19.2 Å². The first-order chi connectivity index (χ1) is 15.1. The topological polar surface area (TPSA) is 103 Å². The minimum atomic E-state index is -0.986. The van der Waals surface area contributed by atoms with Gasteiger partial charge in [0.2, 0.25) is 11.8 Å². The smallest absolute Gasteiger partial charge is 0.259 e. The van der Waals surface area contributed by atoms with E-state index in [2.05, 4.69) is 16.8 Å². The summed E-state index contributed by atoms with van der Waals surface area (Å²) in [7, 11) is 1.71. The number of likely N-dealkylation sites (N-methyl/N-ethyl adjacent to an activating group) is 1. The zero-order valence-corrected chi connectivity index (χ0v) is 19.3. The second-order valence-corrected chi connectivity index (χ2v) is 9.09. The van der Waals surface area contributed by atoms with E-state index in [9.17, 15) is 19.8 Å². The van der Waals surface area contributed by atoms with Crippen LogP contribution < -0.4 is 4.74 Å². The molecule has 174 valence electrons. The SMILES string of the molecule is CC(=O)N(C)C[C@H]1Oc2ncc(C#CC3(O)CCCC3)cc2C(=O)N([C@H](C)CO)C[C@@H]1C. The average molecular weight is 444 g/mol. The monoisotopic (exact) mass is 443 g/mol. The Bertz CT molecular complexity index is 916. The van der Waals surface area contributed by atoms with Crippen LogP contribution >= 0.6 is 0 Å². The van der Waals surface area contributed by atoms with Crippen LogP contribution in [-0.4, -0.2) is 81.3 Å². The number of aliphatic hydroxyl groups is 2. The number of hydrogen-bond donors (Lipinski definition) is 2. The predicted octanol–water partition coefficient (Wildman–Crippen LogP) is 1.44. The highest BCUT2D eigenvalue weighted by molar-refractivity contribution is 5.97. The summed E-state index contributed by atoms with van der Waals surface area (Å²) in [6.45, 7) is 5.78. The Balaban J connectivity index is 1.98. The molecule has 3 rings (SSSR count). The number of amides is 2.